The summed E-state index contributed by atoms with van der Waals surface area (Å²) in [7, 11) is 0. The molecule has 2 aromatic rings. The van der Waals surface area contributed by atoms with E-state index >= 15 is 0 Å². The topological polar surface area (TPSA) is 37.8 Å². The molecule has 0 bridgehead atoms. The molecular weight excluding hydrogens is 222 g/mol. The highest BCUT2D eigenvalue weighted by Gasteiger charge is 2.17. The SMILES string of the molecule is c1ccc2c(c1)CCC(NCc1cncnc1)C2. The van der Waals surface area contributed by atoms with Crippen molar-refractivity contribution in [2.75, 3.05) is 0 Å². The molecule has 0 saturated heterocycles. The Bertz CT molecular complexity index is 510. The zero-order valence-corrected chi connectivity index (χ0v) is 10.3. The number of hydrogen-bond acceptors (Lipinski definition) is 3. The lowest BCUT2D eigenvalue weighted by atomic mass is 9.88. The first-order valence-electron chi connectivity index (χ1n) is 6.46. The molecule has 0 aliphatic heterocycles. The van der Waals surface area contributed by atoms with E-state index in [1.807, 2.05) is 12.4 Å². The van der Waals surface area contributed by atoms with Gasteiger partial charge in [0.05, 0.1) is 0 Å². The number of nitrogens with one attached hydrogen (secondary N) is 1. The van der Waals surface area contributed by atoms with E-state index < -0.39 is 0 Å². The molecule has 1 N–H and O–H groups in total. The quantitative estimate of drug-likeness (QED) is 0.891. The number of rotatable bonds is 3. The summed E-state index contributed by atoms with van der Waals surface area (Å²) in [6.07, 6.45) is 8.83. The standard InChI is InChI=1S/C15H17N3/c1-2-4-14-7-15(6-5-13(14)3-1)18-10-12-8-16-11-17-9-12/h1-4,8-9,11,15,18H,5-7,10H2. The van der Waals surface area contributed by atoms with E-state index in [1.54, 1.807) is 6.33 Å². The second-order valence-electron chi connectivity index (χ2n) is 4.84. The van der Waals surface area contributed by atoms with E-state index in [9.17, 15) is 0 Å². The molecule has 1 unspecified atom stereocenters. The molecule has 3 nitrogen and oxygen atoms in total. The first-order valence-corrected chi connectivity index (χ1v) is 6.46. The van der Waals surface area contributed by atoms with Crippen LogP contribution in [-0.4, -0.2) is 16.0 Å². The van der Waals surface area contributed by atoms with Gasteiger partial charge in [0.15, 0.2) is 0 Å². The van der Waals surface area contributed by atoms with Crippen LogP contribution in [0.5, 0.6) is 0 Å². The van der Waals surface area contributed by atoms with Crippen LogP contribution >= 0.6 is 0 Å². The van der Waals surface area contributed by atoms with E-state index in [0.29, 0.717) is 6.04 Å². The fraction of sp³-hybridized carbons (Fsp3) is 0.333. The third kappa shape index (κ3) is 2.57. The summed E-state index contributed by atoms with van der Waals surface area (Å²) >= 11 is 0. The molecule has 0 radical (unpaired) electrons. The van der Waals surface area contributed by atoms with Crippen LogP contribution in [0.25, 0.3) is 0 Å². The van der Waals surface area contributed by atoms with Crippen molar-refractivity contribution < 1.29 is 0 Å². The zero-order valence-electron chi connectivity index (χ0n) is 10.3. The summed E-state index contributed by atoms with van der Waals surface area (Å²) in [5, 5.41) is 3.60. The first kappa shape index (κ1) is 11.4. The van der Waals surface area contributed by atoms with Gasteiger partial charge in [0.2, 0.25) is 0 Å². The lowest BCUT2D eigenvalue weighted by molar-refractivity contribution is 0.457. The fourth-order valence-corrected chi connectivity index (χ4v) is 2.56. The second kappa shape index (κ2) is 5.27. The zero-order chi connectivity index (χ0) is 12.2. The van der Waals surface area contributed by atoms with E-state index in [2.05, 4.69) is 39.6 Å². The van der Waals surface area contributed by atoms with Gasteiger partial charge in [0, 0.05) is 30.5 Å². The number of fused-ring (bicyclic) bond motifs is 1. The lowest BCUT2D eigenvalue weighted by Crippen LogP contribution is -2.34. The minimum Gasteiger partial charge on any atom is -0.309 e. The third-order valence-electron chi connectivity index (χ3n) is 3.56. The van der Waals surface area contributed by atoms with Crippen molar-refractivity contribution in [2.45, 2.75) is 31.8 Å². The van der Waals surface area contributed by atoms with Crippen molar-refractivity contribution in [3.63, 3.8) is 0 Å². The molecule has 3 heteroatoms. The van der Waals surface area contributed by atoms with E-state index in [1.165, 1.54) is 24.0 Å². The average molecular weight is 239 g/mol. The number of nitrogens with zero attached hydrogens (tertiary/aromatic N) is 2. The van der Waals surface area contributed by atoms with Crippen molar-refractivity contribution in [1.29, 1.82) is 0 Å². The van der Waals surface area contributed by atoms with Gasteiger partial charge >= 0.3 is 0 Å². The summed E-state index contributed by atoms with van der Waals surface area (Å²) in [4.78, 5) is 8.07. The smallest absolute Gasteiger partial charge is 0.115 e. The lowest BCUT2D eigenvalue weighted by Gasteiger charge is -2.25. The highest BCUT2D eigenvalue weighted by Crippen LogP contribution is 2.21. The van der Waals surface area contributed by atoms with Crippen LogP contribution < -0.4 is 5.32 Å². The third-order valence-corrected chi connectivity index (χ3v) is 3.56. The van der Waals surface area contributed by atoms with Crippen LogP contribution in [-0.2, 0) is 19.4 Å². The maximum Gasteiger partial charge on any atom is 0.115 e. The Balaban J connectivity index is 1.60. The molecule has 1 heterocycles. The Morgan fingerprint density at radius 2 is 1.89 bits per heavy atom. The van der Waals surface area contributed by atoms with Gasteiger partial charge in [-0.1, -0.05) is 24.3 Å². The number of aromatic nitrogens is 2. The summed E-state index contributed by atoms with van der Waals surface area (Å²) in [6.45, 7) is 0.855. The Labute approximate surface area is 107 Å². The van der Waals surface area contributed by atoms with Crippen LogP contribution in [0.2, 0.25) is 0 Å². The van der Waals surface area contributed by atoms with Gasteiger partial charge in [0.1, 0.15) is 6.33 Å². The predicted molar refractivity (Wildman–Crippen MR) is 71.1 cm³/mol. The van der Waals surface area contributed by atoms with Crippen molar-refractivity contribution in [1.82, 2.24) is 15.3 Å². The molecule has 0 fully saturated rings. The number of benzene rings is 1. The maximum absolute atomic E-state index is 4.03. The van der Waals surface area contributed by atoms with Crippen LogP contribution in [0.1, 0.15) is 23.1 Å². The van der Waals surface area contributed by atoms with Crippen molar-refractivity contribution in [3.8, 4) is 0 Å². The summed E-state index contributed by atoms with van der Waals surface area (Å²) in [5.74, 6) is 0. The van der Waals surface area contributed by atoms with Gasteiger partial charge in [0.25, 0.3) is 0 Å². The summed E-state index contributed by atoms with van der Waals surface area (Å²) in [5.41, 5.74) is 4.15. The first-order chi connectivity index (χ1) is 8.92. The monoisotopic (exact) mass is 239 g/mol. The molecule has 18 heavy (non-hydrogen) atoms. The number of aryl methyl sites for hydroxylation is 1. The van der Waals surface area contributed by atoms with Crippen LogP contribution in [0.4, 0.5) is 0 Å². The molecule has 0 saturated carbocycles. The largest absolute Gasteiger partial charge is 0.309 e. The van der Waals surface area contributed by atoms with E-state index in [0.717, 1.165) is 18.5 Å². The second-order valence-corrected chi connectivity index (χ2v) is 4.84. The van der Waals surface area contributed by atoms with Crippen molar-refractivity contribution in [3.05, 3.63) is 59.7 Å². The fourth-order valence-electron chi connectivity index (χ4n) is 2.56. The van der Waals surface area contributed by atoms with Crippen LogP contribution in [0.15, 0.2) is 43.0 Å². The molecule has 1 aliphatic carbocycles. The van der Waals surface area contributed by atoms with Gasteiger partial charge in [-0.2, -0.15) is 0 Å². The molecule has 1 atom stereocenters. The summed E-state index contributed by atoms with van der Waals surface area (Å²) in [6, 6.07) is 9.33. The van der Waals surface area contributed by atoms with Crippen LogP contribution in [0.3, 0.4) is 0 Å². The molecule has 1 aromatic carbocycles. The Morgan fingerprint density at radius 3 is 2.72 bits per heavy atom. The van der Waals surface area contributed by atoms with Crippen molar-refractivity contribution in [2.24, 2.45) is 0 Å². The highest BCUT2D eigenvalue weighted by molar-refractivity contribution is 5.30. The van der Waals surface area contributed by atoms with Gasteiger partial charge in [-0.3, -0.25) is 0 Å². The molecule has 0 spiro atoms. The van der Waals surface area contributed by atoms with Gasteiger partial charge in [-0.15, -0.1) is 0 Å². The van der Waals surface area contributed by atoms with E-state index in [-0.39, 0.29) is 0 Å². The minimum atomic E-state index is 0.570. The molecular formula is C15H17N3. The minimum absolute atomic E-state index is 0.570. The van der Waals surface area contributed by atoms with Crippen molar-refractivity contribution >= 4 is 0 Å². The highest BCUT2D eigenvalue weighted by atomic mass is 14.9. The average Bonchev–Trinajstić information content (AvgIpc) is 2.46. The molecule has 3 rings (SSSR count). The van der Waals surface area contributed by atoms with Gasteiger partial charge in [-0.25, -0.2) is 9.97 Å². The summed E-state index contributed by atoms with van der Waals surface area (Å²) < 4.78 is 0. The molecule has 1 aromatic heterocycles. The van der Waals surface area contributed by atoms with Crippen LogP contribution in [0, 0.1) is 0 Å². The Morgan fingerprint density at radius 1 is 1.11 bits per heavy atom. The molecule has 92 valence electrons. The van der Waals surface area contributed by atoms with Gasteiger partial charge in [-0.05, 0) is 30.4 Å². The Kier molecular flexibility index (Phi) is 3.33. The number of hydrogen-bond donors (Lipinski definition) is 1. The molecule has 1 aliphatic rings. The van der Waals surface area contributed by atoms with Gasteiger partial charge < -0.3 is 5.32 Å². The maximum atomic E-state index is 4.03. The Hall–Kier alpha value is -1.74. The molecule has 0 amide bonds. The van der Waals surface area contributed by atoms with E-state index in [4.69, 9.17) is 0 Å². The normalized spacial score (nSPS) is 18.3. The predicted octanol–water partition coefficient (Wildman–Crippen LogP) is 2.12.